The number of amides is 2. The summed E-state index contributed by atoms with van der Waals surface area (Å²) in [5.41, 5.74) is 2.16. The molecule has 0 fully saturated rings. The monoisotopic (exact) mass is 471 g/mol. The van der Waals surface area contributed by atoms with Crippen molar-refractivity contribution < 1.29 is 28.5 Å². The van der Waals surface area contributed by atoms with Gasteiger partial charge in [-0.05, 0) is 56.9 Å². The molecule has 1 aliphatic rings. The van der Waals surface area contributed by atoms with Gasteiger partial charge in [0.1, 0.15) is 36.1 Å². The molecule has 184 valence electrons. The van der Waals surface area contributed by atoms with Crippen LogP contribution in [0.25, 0.3) is 11.1 Å². The van der Waals surface area contributed by atoms with E-state index in [9.17, 15) is 9.59 Å². The molecule has 2 amide bonds. The van der Waals surface area contributed by atoms with Crippen molar-refractivity contribution in [3.05, 3.63) is 36.0 Å². The van der Waals surface area contributed by atoms with Crippen molar-refractivity contribution >= 4 is 18.0 Å². The standard InChI is InChI=1S/C25H33N3O6/c1-15(2)9-17(27-24(30)34-25(3,4)5)14-32-18-7-8-19-16(10-18)13-33-21-12-26-22(11-20(19)21)28-23(29)31-6/h7-8,10-12,15,17H,9,13-14H2,1-6H3,(H,27,30)(H,26,28,29)/t17-/m0/s1. The normalized spacial score (nSPS) is 13.1. The highest BCUT2D eigenvalue weighted by Gasteiger charge is 2.22. The first-order valence-corrected chi connectivity index (χ1v) is 11.3. The number of benzene rings is 1. The maximum atomic E-state index is 12.2. The average molecular weight is 472 g/mol. The quantitative estimate of drug-likeness (QED) is 0.576. The van der Waals surface area contributed by atoms with Crippen LogP contribution in [0.4, 0.5) is 15.4 Å². The molecule has 2 heterocycles. The van der Waals surface area contributed by atoms with E-state index < -0.39 is 17.8 Å². The Labute approximate surface area is 200 Å². The fraction of sp³-hybridized carbons (Fsp3) is 0.480. The summed E-state index contributed by atoms with van der Waals surface area (Å²) >= 11 is 0. The minimum Gasteiger partial charge on any atom is -0.491 e. The zero-order chi connectivity index (χ0) is 24.9. The van der Waals surface area contributed by atoms with Crippen LogP contribution in [-0.2, 0) is 16.1 Å². The van der Waals surface area contributed by atoms with E-state index in [1.807, 2.05) is 39.0 Å². The summed E-state index contributed by atoms with van der Waals surface area (Å²) in [5, 5.41) is 5.48. The third-order valence-corrected chi connectivity index (χ3v) is 4.96. The Balaban J connectivity index is 1.71. The number of carbonyl (C=O) groups excluding carboxylic acids is 2. The molecule has 3 rings (SSSR count). The molecule has 0 unspecified atom stereocenters. The van der Waals surface area contributed by atoms with Gasteiger partial charge in [0.2, 0.25) is 0 Å². The highest BCUT2D eigenvalue weighted by molar-refractivity contribution is 5.86. The molecule has 0 radical (unpaired) electrons. The molecule has 9 heteroatoms. The number of anilines is 1. The predicted octanol–water partition coefficient (Wildman–Crippen LogP) is 5.14. The third kappa shape index (κ3) is 7.00. The zero-order valence-corrected chi connectivity index (χ0v) is 20.6. The Morgan fingerprint density at radius 3 is 2.59 bits per heavy atom. The van der Waals surface area contributed by atoms with Crippen LogP contribution in [0.3, 0.4) is 0 Å². The van der Waals surface area contributed by atoms with Crippen LogP contribution in [0.2, 0.25) is 0 Å². The number of carbonyl (C=O) groups is 2. The number of aromatic nitrogens is 1. The number of alkyl carbamates (subject to hydrolysis) is 1. The molecule has 0 bridgehead atoms. The molecule has 0 spiro atoms. The van der Waals surface area contributed by atoms with Gasteiger partial charge in [0.15, 0.2) is 0 Å². The first-order chi connectivity index (χ1) is 16.0. The molecule has 0 saturated carbocycles. The second kappa shape index (κ2) is 10.6. The topological polar surface area (TPSA) is 108 Å². The second-order valence-corrected chi connectivity index (χ2v) is 9.57. The van der Waals surface area contributed by atoms with Crippen molar-refractivity contribution in [1.29, 1.82) is 0 Å². The first-order valence-electron chi connectivity index (χ1n) is 11.3. The summed E-state index contributed by atoms with van der Waals surface area (Å²) in [6, 6.07) is 7.30. The minimum absolute atomic E-state index is 0.194. The third-order valence-electron chi connectivity index (χ3n) is 4.96. The lowest BCUT2D eigenvalue weighted by molar-refractivity contribution is 0.0480. The highest BCUT2D eigenvalue weighted by atomic mass is 16.6. The summed E-state index contributed by atoms with van der Waals surface area (Å²) in [4.78, 5) is 27.9. The smallest absolute Gasteiger partial charge is 0.412 e. The first kappa shape index (κ1) is 25.1. The van der Waals surface area contributed by atoms with Crippen molar-refractivity contribution in [1.82, 2.24) is 10.3 Å². The number of methoxy groups -OCH3 is 1. The summed E-state index contributed by atoms with van der Waals surface area (Å²) in [5.74, 6) is 2.05. The van der Waals surface area contributed by atoms with Crippen molar-refractivity contribution in [3.63, 3.8) is 0 Å². The summed E-state index contributed by atoms with van der Waals surface area (Å²) in [7, 11) is 1.29. The van der Waals surface area contributed by atoms with E-state index >= 15 is 0 Å². The maximum absolute atomic E-state index is 12.2. The molecule has 34 heavy (non-hydrogen) atoms. The molecule has 0 aliphatic carbocycles. The van der Waals surface area contributed by atoms with Gasteiger partial charge in [-0.25, -0.2) is 14.6 Å². The van der Waals surface area contributed by atoms with Crippen molar-refractivity contribution in [2.24, 2.45) is 5.92 Å². The van der Waals surface area contributed by atoms with Gasteiger partial charge in [0.05, 0.1) is 19.3 Å². The maximum Gasteiger partial charge on any atom is 0.412 e. The number of nitrogens with zero attached hydrogens (tertiary/aromatic N) is 1. The van der Waals surface area contributed by atoms with E-state index in [0.29, 0.717) is 36.4 Å². The van der Waals surface area contributed by atoms with E-state index in [0.717, 1.165) is 23.1 Å². The van der Waals surface area contributed by atoms with Crippen molar-refractivity contribution in [2.75, 3.05) is 19.0 Å². The van der Waals surface area contributed by atoms with Crippen LogP contribution in [-0.4, -0.2) is 42.5 Å². The molecule has 2 N–H and O–H groups in total. The van der Waals surface area contributed by atoms with Crippen LogP contribution in [0.15, 0.2) is 30.5 Å². The van der Waals surface area contributed by atoms with E-state index in [-0.39, 0.29) is 6.04 Å². The Hall–Kier alpha value is -3.49. The molecule has 1 aromatic heterocycles. The van der Waals surface area contributed by atoms with Crippen LogP contribution in [0.1, 0.15) is 46.6 Å². The number of ether oxygens (including phenoxy) is 4. The van der Waals surface area contributed by atoms with Gasteiger partial charge in [-0.1, -0.05) is 19.9 Å². The predicted molar refractivity (Wildman–Crippen MR) is 128 cm³/mol. The molecule has 1 aromatic carbocycles. The second-order valence-electron chi connectivity index (χ2n) is 9.57. The van der Waals surface area contributed by atoms with E-state index in [1.54, 1.807) is 12.3 Å². The number of pyridine rings is 1. The number of rotatable bonds is 7. The molecule has 0 saturated heterocycles. The zero-order valence-electron chi connectivity index (χ0n) is 20.6. The van der Waals surface area contributed by atoms with Crippen LogP contribution >= 0.6 is 0 Å². The van der Waals surface area contributed by atoms with Gasteiger partial charge in [0.25, 0.3) is 0 Å². The van der Waals surface area contributed by atoms with Gasteiger partial charge in [-0.15, -0.1) is 0 Å². The lowest BCUT2D eigenvalue weighted by Crippen LogP contribution is -2.42. The fourth-order valence-electron chi connectivity index (χ4n) is 3.60. The van der Waals surface area contributed by atoms with Gasteiger partial charge in [-0.2, -0.15) is 0 Å². The van der Waals surface area contributed by atoms with Gasteiger partial charge >= 0.3 is 12.2 Å². The van der Waals surface area contributed by atoms with Gasteiger partial charge in [-0.3, -0.25) is 5.32 Å². The van der Waals surface area contributed by atoms with Gasteiger partial charge in [0, 0.05) is 11.1 Å². The number of hydrogen-bond donors (Lipinski definition) is 2. The molecular weight excluding hydrogens is 438 g/mol. The molecular formula is C25H33N3O6. The molecule has 1 aliphatic heterocycles. The van der Waals surface area contributed by atoms with Gasteiger partial charge < -0.3 is 24.3 Å². The van der Waals surface area contributed by atoms with Crippen LogP contribution in [0, 0.1) is 5.92 Å². The Kier molecular flexibility index (Phi) is 7.86. The Morgan fingerprint density at radius 1 is 1.15 bits per heavy atom. The molecule has 9 nitrogen and oxygen atoms in total. The molecule has 2 aromatic rings. The van der Waals surface area contributed by atoms with E-state index in [2.05, 4.69) is 34.2 Å². The number of nitrogens with one attached hydrogen (secondary N) is 2. The Morgan fingerprint density at radius 2 is 1.91 bits per heavy atom. The number of hydrogen-bond acceptors (Lipinski definition) is 7. The number of fused-ring (bicyclic) bond motifs is 3. The fourth-order valence-corrected chi connectivity index (χ4v) is 3.60. The van der Waals surface area contributed by atoms with Crippen LogP contribution < -0.4 is 20.1 Å². The SMILES string of the molecule is COC(=O)Nc1cc2c(cn1)OCc1cc(OC[C@H](CC(C)C)NC(=O)OC(C)(C)C)ccc1-2. The summed E-state index contributed by atoms with van der Waals surface area (Å²) < 4.78 is 21.9. The lowest BCUT2D eigenvalue weighted by atomic mass is 9.97. The van der Waals surface area contributed by atoms with E-state index in [4.69, 9.17) is 14.2 Å². The average Bonchev–Trinajstić information content (AvgIpc) is 2.75. The summed E-state index contributed by atoms with van der Waals surface area (Å²) in [6.07, 6.45) is 1.28. The van der Waals surface area contributed by atoms with Crippen molar-refractivity contribution in [3.8, 4) is 22.6 Å². The molecule has 1 atom stereocenters. The lowest BCUT2D eigenvalue weighted by Gasteiger charge is -2.25. The van der Waals surface area contributed by atoms with Crippen molar-refractivity contribution in [2.45, 2.75) is 59.3 Å². The van der Waals surface area contributed by atoms with E-state index in [1.165, 1.54) is 7.11 Å². The summed E-state index contributed by atoms with van der Waals surface area (Å²) in [6.45, 7) is 10.4. The highest BCUT2D eigenvalue weighted by Crippen LogP contribution is 2.39. The Bertz CT molecular complexity index is 1030. The largest absolute Gasteiger partial charge is 0.491 e. The minimum atomic E-state index is -0.593. The van der Waals surface area contributed by atoms with Crippen LogP contribution in [0.5, 0.6) is 11.5 Å².